The van der Waals surface area contributed by atoms with E-state index < -0.39 is 11.4 Å². The van der Waals surface area contributed by atoms with Crippen LogP contribution < -0.4 is 11.4 Å². The minimum Gasteiger partial charge on any atom is -0.443 e. The van der Waals surface area contributed by atoms with Crippen LogP contribution in [0.2, 0.25) is 0 Å². The monoisotopic (exact) mass is 294 g/mol. The van der Waals surface area contributed by atoms with E-state index in [1.807, 2.05) is 12.1 Å². The van der Waals surface area contributed by atoms with Gasteiger partial charge in [0.05, 0.1) is 17.4 Å². The summed E-state index contributed by atoms with van der Waals surface area (Å²) in [6.07, 6.45) is 1.37. The SMILES string of the molecule is O=c1oc(=O)n(Cc2ccc3ocnc3c2)c2ccccc12. The average Bonchev–Trinajstić information content (AvgIpc) is 2.99. The maximum absolute atomic E-state index is 12.0. The van der Waals surface area contributed by atoms with Gasteiger partial charge in [-0.05, 0) is 29.8 Å². The minimum atomic E-state index is -0.677. The standard InChI is InChI=1S/C16H10N2O4/c19-15-11-3-1-2-4-13(11)18(16(20)22-15)8-10-5-6-14-12(7-10)17-9-21-14/h1-7,9H,8H2. The molecule has 2 aromatic carbocycles. The van der Waals surface area contributed by atoms with Crippen molar-refractivity contribution in [2.75, 3.05) is 0 Å². The molecule has 0 unspecified atom stereocenters. The summed E-state index contributed by atoms with van der Waals surface area (Å²) in [6, 6.07) is 12.4. The molecule has 6 heteroatoms. The second kappa shape index (κ2) is 4.70. The predicted octanol–water partition coefficient (Wildman–Crippen LogP) is 2.14. The zero-order valence-corrected chi connectivity index (χ0v) is 11.4. The molecule has 6 nitrogen and oxygen atoms in total. The highest BCUT2D eigenvalue weighted by Crippen LogP contribution is 2.16. The van der Waals surface area contributed by atoms with E-state index >= 15 is 0 Å². The Kier molecular flexibility index (Phi) is 2.69. The zero-order valence-electron chi connectivity index (χ0n) is 11.4. The van der Waals surface area contributed by atoms with Gasteiger partial charge in [-0.3, -0.25) is 4.57 Å². The minimum absolute atomic E-state index is 0.284. The van der Waals surface area contributed by atoms with Crippen LogP contribution in [0, 0.1) is 0 Å². The molecule has 0 saturated heterocycles. The molecule has 0 bridgehead atoms. The highest BCUT2D eigenvalue weighted by atomic mass is 16.4. The fraction of sp³-hybridized carbons (Fsp3) is 0.0625. The first-order valence-electron chi connectivity index (χ1n) is 6.67. The Hall–Kier alpha value is -3.15. The van der Waals surface area contributed by atoms with Crippen LogP contribution in [0.15, 0.2) is 67.3 Å². The van der Waals surface area contributed by atoms with Crippen LogP contribution in [0.3, 0.4) is 0 Å². The molecule has 0 N–H and O–H groups in total. The molecule has 0 atom stereocenters. The van der Waals surface area contributed by atoms with E-state index in [2.05, 4.69) is 4.98 Å². The van der Waals surface area contributed by atoms with Gasteiger partial charge in [-0.15, -0.1) is 0 Å². The fourth-order valence-electron chi connectivity index (χ4n) is 2.50. The number of rotatable bonds is 2. The number of hydrogen-bond donors (Lipinski definition) is 0. The number of benzene rings is 2. The van der Waals surface area contributed by atoms with Gasteiger partial charge in [-0.1, -0.05) is 18.2 Å². The number of aromatic nitrogens is 2. The van der Waals surface area contributed by atoms with Crippen LogP contribution >= 0.6 is 0 Å². The van der Waals surface area contributed by atoms with Crippen molar-refractivity contribution in [1.82, 2.24) is 9.55 Å². The van der Waals surface area contributed by atoms with Gasteiger partial charge in [0, 0.05) is 0 Å². The smallest absolute Gasteiger partial charge is 0.422 e. The van der Waals surface area contributed by atoms with Crippen molar-refractivity contribution >= 4 is 22.0 Å². The predicted molar refractivity (Wildman–Crippen MR) is 79.9 cm³/mol. The van der Waals surface area contributed by atoms with Crippen LogP contribution in [0.5, 0.6) is 0 Å². The van der Waals surface area contributed by atoms with Crippen molar-refractivity contribution < 1.29 is 8.83 Å². The lowest BCUT2D eigenvalue weighted by atomic mass is 10.2. The van der Waals surface area contributed by atoms with E-state index in [0.717, 1.165) is 5.56 Å². The molecule has 108 valence electrons. The molecule has 0 fully saturated rings. The molecule has 2 aromatic heterocycles. The van der Waals surface area contributed by atoms with Crippen LogP contribution in [0.1, 0.15) is 5.56 Å². The molecular formula is C16H10N2O4. The topological polar surface area (TPSA) is 78.2 Å². The first kappa shape index (κ1) is 12.6. The van der Waals surface area contributed by atoms with Gasteiger partial charge in [0.1, 0.15) is 5.52 Å². The average molecular weight is 294 g/mol. The van der Waals surface area contributed by atoms with Crippen molar-refractivity contribution in [3.63, 3.8) is 0 Å². The largest absolute Gasteiger partial charge is 0.443 e. The normalized spacial score (nSPS) is 11.3. The Bertz CT molecular complexity index is 1100. The summed E-state index contributed by atoms with van der Waals surface area (Å²) in [5.41, 5.74) is 2.18. The summed E-state index contributed by atoms with van der Waals surface area (Å²) < 4.78 is 11.4. The zero-order chi connectivity index (χ0) is 15.1. The third kappa shape index (κ3) is 1.93. The highest BCUT2D eigenvalue weighted by Gasteiger charge is 2.10. The molecule has 4 aromatic rings. The molecule has 22 heavy (non-hydrogen) atoms. The van der Waals surface area contributed by atoms with Gasteiger partial charge in [-0.2, -0.15) is 0 Å². The van der Waals surface area contributed by atoms with E-state index in [-0.39, 0.29) is 6.54 Å². The van der Waals surface area contributed by atoms with Crippen molar-refractivity contribution in [1.29, 1.82) is 0 Å². The van der Waals surface area contributed by atoms with Gasteiger partial charge in [0.25, 0.3) is 0 Å². The number of oxazole rings is 1. The summed E-state index contributed by atoms with van der Waals surface area (Å²) in [7, 11) is 0. The number of fused-ring (bicyclic) bond motifs is 2. The fourth-order valence-corrected chi connectivity index (χ4v) is 2.50. The second-order valence-corrected chi connectivity index (χ2v) is 4.91. The second-order valence-electron chi connectivity index (χ2n) is 4.91. The van der Waals surface area contributed by atoms with Crippen LogP contribution in [-0.4, -0.2) is 9.55 Å². The van der Waals surface area contributed by atoms with Crippen LogP contribution in [0.4, 0.5) is 0 Å². The number of para-hydroxylation sites is 1. The first-order chi connectivity index (χ1) is 10.7. The molecule has 0 aliphatic heterocycles. The van der Waals surface area contributed by atoms with Gasteiger partial charge < -0.3 is 8.83 Å². The van der Waals surface area contributed by atoms with Crippen molar-refractivity contribution in [2.24, 2.45) is 0 Å². The van der Waals surface area contributed by atoms with Gasteiger partial charge >= 0.3 is 11.4 Å². The third-order valence-electron chi connectivity index (χ3n) is 3.55. The number of nitrogens with zero attached hydrogens (tertiary/aromatic N) is 2. The lowest BCUT2D eigenvalue weighted by Crippen LogP contribution is -2.25. The van der Waals surface area contributed by atoms with Crippen molar-refractivity contribution in [3.8, 4) is 0 Å². The quantitative estimate of drug-likeness (QED) is 0.566. The van der Waals surface area contributed by atoms with E-state index in [9.17, 15) is 9.59 Å². The summed E-state index contributed by atoms with van der Waals surface area (Å²) in [5, 5.41) is 0.379. The van der Waals surface area contributed by atoms with Crippen molar-refractivity contribution in [2.45, 2.75) is 6.54 Å². The van der Waals surface area contributed by atoms with Gasteiger partial charge in [0.15, 0.2) is 12.0 Å². The Morgan fingerprint density at radius 3 is 2.86 bits per heavy atom. The van der Waals surface area contributed by atoms with Crippen LogP contribution in [-0.2, 0) is 6.54 Å². The maximum Gasteiger partial charge on any atom is 0.422 e. The summed E-state index contributed by atoms with van der Waals surface area (Å²) >= 11 is 0. The first-order valence-corrected chi connectivity index (χ1v) is 6.67. The molecule has 2 heterocycles. The van der Waals surface area contributed by atoms with E-state index in [1.165, 1.54) is 11.0 Å². The van der Waals surface area contributed by atoms with E-state index in [0.29, 0.717) is 22.0 Å². The van der Waals surface area contributed by atoms with Gasteiger partial charge in [-0.25, -0.2) is 14.6 Å². The Morgan fingerprint density at radius 1 is 1.09 bits per heavy atom. The Balaban J connectivity index is 1.90. The molecule has 0 radical (unpaired) electrons. The molecule has 0 amide bonds. The summed E-state index contributed by atoms with van der Waals surface area (Å²) in [6.45, 7) is 0.284. The molecule has 0 aliphatic carbocycles. The summed E-state index contributed by atoms with van der Waals surface area (Å²) in [5.74, 6) is -0.677. The maximum atomic E-state index is 12.0. The third-order valence-corrected chi connectivity index (χ3v) is 3.55. The lowest BCUT2D eigenvalue weighted by molar-refractivity contribution is 0.425. The van der Waals surface area contributed by atoms with E-state index in [4.69, 9.17) is 8.83 Å². The molecular weight excluding hydrogens is 284 g/mol. The Morgan fingerprint density at radius 2 is 1.95 bits per heavy atom. The molecule has 0 saturated carbocycles. The molecule has 0 aliphatic rings. The van der Waals surface area contributed by atoms with Gasteiger partial charge in [0.2, 0.25) is 0 Å². The molecule has 4 rings (SSSR count). The number of hydrogen-bond acceptors (Lipinski definition) is 5. The highest BCUT2D eigenvalue weighted by molar-refractivity contribution is 5.77. The van der Waals surface area contributed by atoms with Crippen LogP contribution in [0.25, 0.3) is 22.0 Å². The van der Waals surface area contributed by atoms with Crippen molar-refractivity contribution in [3.05, 3.63) is 75.4 Å². The molecule has 0 spiro atoms. The summed E-state index contributed by atoms with van der Waals surface area (Å²) in [4.78, 5) is 27.9. The Labute approximate surface area is 123 Å². The lowest BCUT2D eigenvalue weighted by Gasteiger charge is -2.08. The van der Waals surface area contributed by atoms with E-state index in [1.54, 1.807) is 30.3 Å².